The molecular weight excluding hydrogens is 871 g/mol. The second-order valence-electron chi connectivity index (χ2n) is 20.4. The first-order valence-corrected chi connectivity index (χ1v) is 24.1. The van der Waals surface area contributed by atoms with Gasteiger partial charge in [-0.05, 0) is 81.9 Å². The Morgan fingerprint density at radius 2 is 1.15 bits per heavy atom. The molecule has 3 aromatic rings. The van der Waals surface area contributed by atoms with Gasteiger partial charge in [-0.25, -0.2) is 29.1 Å². The molecule has 0 aliphatic carbocycles. The number of nitrogens with two attached hydrogens (primary N) is 4. The molecule has 4 amide bonds. The van der Waals surface area contributed by atoms with E-state index < -0.39 is 93.3 Å². The minimum absolute atomic E-state index is 0.181. The van der Waals surface area contributed by atoms with Crippen LogP contribution in [0.25, 0.3) is 0 Å². The van der Waals surface area contributed by atoms with Crippen molar-refractivity contribution in [3.63, 3.8) is 0 Å². The number of fused-ring (bicyclic) bond motifs is 4. The Bertz CT molecular complexity index is 2470. The van der Waals surface area contributed by atoms with Crippen LogP contribution in [0, 0.1) is 5.92 Å². The summed E-state index contributed by atoms with van der Waals surface area (Å²) >= 11 is 2.63. The monoisotopic (exact) mass is 931 g/mol. The van der Waals surface area contributed by atoms with Crippen LogP contribution in [0.1, 0.15) is 133 Å². The molecule has 5 aliphatic rings. The molecule has 350 valence electrons. The summed E-state index contributed by atoms with van der Waals surface area (Å²) in [5.41, 5.74) is 19.2. The van der Waals surface area contributed by atoms with Gasteiger partial charge in [0.05, 0.1) is 27.8 Å². The predicted molar refractivity (Wildman–Crippen MR) is 244 cm³/mol. The van der Waals surface area contributed by atoms with Gasteiger partial charge in [0.25, 0.3) is 11.8 Å². The van der Waals surface area contributed by atoms with Gasteiger partial charge < -0.3 is 37.3 Å². The molecule has 6 unspecified atom stereocenters. The number of carbonyl (C=O) groups is 6. The molecule has 5 aliphatic heterocycles. The van der Waals surface area contributed by atoms with Crippen molar-refractivity contribution in [2.45, 2.75) is 157 Å². The lowest BCUT2D eigenvalue weighted by molar-refractivity contribution is -0.168. The van der Waals surface area contributed by atoms with Gasteiger partial charge in [0.2, 0.25) is 11.1 Å². The fourth-order valence-electron chi connectivity index (χ4n) is 13.0. The zero-order chi connectivity index (χ0) is 47.6. The van der Waals surface area contributed by atoms with Crippen LogP contribution in [0.3, 0.4) is 0 Å². The minimum Gasteiger partial charge on any atom is -0.375 e. The number of esters is 2. The van der Waals surface area contributed by atoms with Crippen LogP contribution in [-0.4, -0.2) is 104 Å². The summed E-state index contributed by atoms with van der Waals surface area (Å²) in [5.74, 6) is -5.42. The maximum Gasteiger partial charge on any atom is 0.412 e. The van der Waals surface area contributed by atoms with Crippen molar-refractivity contribution in [1.29, 1.82) is 0 Å². The number of amides is 4. The van der Waals surface area contributed by atoms with Gasteiger partial charge in [-0.2, -0.15) is 0 Å². The molecule has 1 aromatic carbocycles. The number of rotatable bonds is 11. The quantitative estimate of drug-likeness (QED) is 0.151. The van der Waals surface area contributed by atoms with Gasteiger partial charge in [-0.1, -0.05) is 53.7 Å². The number of likely N-dealkylation sites (tertiary alicyclic amines) is 2. The maximum absolute atomic E-state index is 14.9. The van der Waals surface area contributed by atoms with E-state index in [-0.39, 0.29) is 24.4 Å². The molecule has 4 bridgehead atoms. The molecule has 0 spiro atoms. The molecule has 3 fully saturated rings. The molecule has 7 heterocycles. The normalized spacial score (nSPS) is 32.8. The van der Waals surface area contributed by atoms with Gasteiger partial charge in [0.15, 0.2) is 0 Å². The smallest absolute Gasteiger partial charge is 0.375 e. The second-order valence-corrected chi connectivity index (χ2v) is 22.1. The van der Waals surface area contributed by atoms with E-state index in [1.165, 1.54) is 22.7 Å². The van der Waals surface area contributed by atoms with E-state index in [9.17, 15) is 28.8 Å². The number of anilines is 1. The zero-order valence-electron chi connectivity index (χ0n) is 38.5. The van der Waals surface area contributed by atoms with Crippen LogP contribution in [0.15, 0.2) is 35.0 Å². The number of carbonyl (C=O) groups excluding carboxylic acids is 6. The van der Waals surface area contributed by atoms with Gasteiger partial charge in [-0.3, -0.25) is 19.4 Å². The molecule has 17 nitrogen and oxygen atoms in total. The average molecular weight is 932 g/mol. The summed E-state index contributed by atoms with van der Waals surface area (Å²) < 4.78 is 10.5. The minimum atomic E-state index is -2.24. The Labute approximate surface area is 386 Å². The Morgan fingerprint density at radius 1 is 0.692 bits per heavy atom. The van der Waals surface area contributed by atoms with Crippen molar-refractivity contribution in [3.8, 4) is 0 Å². The number of hydrogen-bond donors (Lipinski definition) is 4. The van der Waals surface area contributed by atoms with E-state index in [4.69, 9.17) is 42.4 Å². The highest BCUT2D eigenvalue weighted by Gasteiger charge is 2.75. The highest BCUT2D eigenvalue weighted by Crippen LogP contribution is 2.61. The predicted octanol–water partition coefficient (Wildman–Crippen LogP) is 4.64. The number of nitrogens with zero attached hydrogens (tertiary/aromatic N) is 5. The summed E-state index contributed by atoms with van der Waals surface area (Å²) in [7, 11) is 0. The van der Waals surface area contributed by atoms with Crippen LogP contribution >= 0.6 is 22.7 Å². The van der Waals surface area contributed by atoms with Gasteiger partial charge >= 0.3 is 24.1 Å². The number of ether oxygens (including phenoxy) is 2. The molecule has 65 heavy (non-hydrogen) atoms. The SMILES string of the molecule is CC1CC(C2CCCN2[C@@](C(N)=O)(C(=O)OC(N)=O)[C@@]2(C)c3nc(cs3)C2C)N(c2ccc(C(C)(C)C)cc2)[C@]1(C)C1CCCN1[C@@](C(N)=O)(C(=O)OC(N)=O)[C@@]1(C)c2nc(cs2)C1C. The van der Waals surface area contributed by atoms with E-state index in [0.717, 1.165) is 11.3 Å². The lowest BCUT2D eigenvalue weighted by atomic mass is 9.62. The van der Waals surface area contributed by atoms with Crippen molar-refractivity contribution < 1.29 is 38.2 Å². The molecule has 0 saturated carbocycles. The molecular formula is C46H61N9O8S2. The standard InChI is InChI=1S/C46H61N9O8S2/c1-23-20-31(30-12-10-18-53(30)45(33(47)56,37(58)62-39(49)60)42(7)24(2)28-21-64-35(42)51-28)55(27-16-14-26(15-17-27)41(4,5)6)44(23,9)32-13-11-19-54(32)46(34(48)57,38(59)63-40(50)61)43(8)25(3)29-22-65-36(43)52-29/h14-17,21-25,30-32H,10-13,18-20H2,1-9H3,(H2,47,56)(H2,48,57)(H2,49,60)(H2,50,61)/t23?,24?,25?,30?,31?,32?,42-,43-,44+,45+,46+/m1/s1. The number of primary amides is 4. The van der Waals surface area contributed by atoms with Crippen molar-refractivity contribution in [2.75, 3.05) is 18.0 Å². The topological polar surface area (TPSA) is 260 Å². The number of hydrogen-bond acceptors (Lipinski definition) is 15. The maximum atomic E-state index is 14.9. The highest BCUT2D eigenvalue weighted by atomic mass is 32.1. The number of aromatic nitrogens is 2. The van der Waals surface area contributed by atoms with Crippen LogP contribution in [0.5, 0.6) is 0 Å². The summed E-state index contributed by atoms with van der Waals surface area (Å²) in [4.78, 5) is 99.7. The van der Waals surface area contributed by atoms with Crippen LogP contribution < -0.4 is 27.8 Å². The highest BCUT2D eigenvalue weighted by molar-refractivity contribution is 7.10. The third-order valence-electron chi connectivity index (χ3n) is 16.7. The molecule has 8 N–H and O–H groups in total. The fraction of sp³-hybridized carbons (Fsp3) is 0.609. The fourth-order valence-corrected chi connectivity index (χ4v) is 15.5. The third kappa shape index (κ3) is 6.12. The van der Waals surface area contributed by atoms with Crippen molar-refractivity contribution >= 4 is 64.3 Å². The Balaban J connectivity index is 1.33. The second kappa shape index (κ2) is 15.6. The van der Waals surface area contributed by atoms with E-state index in [1.807, 2.05) is 34.4 Å². The number of thiazole rings is 2. The Kier molecular flexibility index (Phi) is 11.1. The van der Waals surface area contributed by atoms with E-state index in [2.05, 4.69) is 63.8 Å². The van der Waals surface area contributed by atoms with Crippen LogP contribution in [-0.2, 0) is 44.9 Å². The first-order chi connectivity index (χ1) is 30.4. The molecule has 0 radical (unpaired) electrons. The molecule has 11 atom stereocenters. The molecule has 8 rings (SSSR count). The van der Waals surface area contributed by atoms with Crippen molar-refractivity contribution in [1.82, 2.24) is 19.8 Å². The Hall–Kier alpha value is -4.98. The van der Waals surface area contributed by atoms with Crippen molar-refractivity contribution in [3.05, 3.63) is 62.0 Å². The zero-order valence-corrected chi connectivity index (χ0v) is 40.1. The first kappa shape index (κ1) is 46.5. The summed E-state index contributed by atoms with van der Waals surface area (Å²) in [5, 5.41) is 4.80. The molecule has 2 aromatic heterocycles. The summed E-state index contributed by atoms with van der Waals surface area (Å²) in [6.45, 7) is 18.5. The molecule has 19 heteroatoms. The van der Waals surface area contributed by atoms with E-state index in [1.54, 1.807) is 13.8 Å². The van der Waals surface area contributed by atoms with Gasteiger partial charge in [0.1, 0.15) is 10.0 Å². The summed E-state index contributed by atoms with van der Waals surface area (Å²) in [6, 6.07) is 6.75. The number of benzene rings is 1. The molecule has 3 saturated heterocycles. The van der Waals surface area contributed by atoms with Crippen LogP contribution in [0.2, 0.25) is 0 Å². The van der Waals surface area contributed by atoms with Crippen LogP contribution in [0.4, 0.5) is 15.3 Å². The van der Waals surface area contributed by atoms with E-state index >= 15 is 0 Å². The van der Waals surface area contributed by atoms with Crippen molar-refractivity contribution in [2.24, 2.45) is 28.9 Å². The summed E-state index contributed by atoms with van der Waals surface area (Å²) in [6.07, 6.45) is -0.0248. The Morgan fingerprint density at radius 3 is 1.58 bits per heavy atom. The first-order valence-electron chi connectivity index (χ1n) is 22.4. The third-order valence-corrected chi connectivity index (χ3v) is 18.9. The lowest BCUT2D eigenvalue weighted by Crippen LogP contribution is -2.78. The van der Waals surface area contributed by atoms with Gasteiger partial charge in [0, 0.05) is 59.5 Å². The average Bonchev–Trinajstić information content (AvgIpc) is 4.09. The largest absolute Gasteiger partial charge is 0.412 e. The van der Waals surface area contributed by atoms with Gasteiger partial charge in [-0.15, -0.1) is 22.7 Å². The lowest BCUT2D eigenvalue weighted by Gasteiger charge is -2.57. The van der Waals surface area contributed by atoms with E-state index in [0.29, 0.717) is 53.5 Å².